The van der Waals surface area contributed by atoms with Gasteiger partial charge in [0.05, 0.1) is 12.2 Å². The largest absolute Gasteiger partial charge is 0.345 e. The average molecular weight is 329 g/mol. The highest BCUT2D eigenvalue weighted by Crippen LogP contribution is 2.55. The molecule has 2 heterocycles. The van der Waals surface area contributed by atoms with Gasteiger partial charge in [0, 0.05) is 5.54 Å². The second-order valence-electron chi connectivity index (χ2n) is 8.72. The maximum Gasteiger partial charge on any atom is 0.273 e. The van der Waals surface area contributed by atoms with Gasteiger partial charge >= 0.3 is 0 Å². The Hall–Kier alpha value is -1.43. The lowest BCUT2D eigenvalue weighted by Crippen LogP contribution is -2.59. The fourth-order valence-corrected chi connectivity index (χ4v) is 6.20. The first-order valence-corrected chi connectivity index (χ1v) is 9.64. The van der Waals surface area contributed by atoms with E-state index >= 15 is 0 Å². The molecular formula is C18H27N5O. The third kappa shape index (κ3) is 2.55. The molecule has 6 heteroatoms. The predicted octanol–water partition coefficient (Wildman–Crippen LogP) is 1.90. The number of aromatic nitrogens is 3. The molecule has 0 radical (unpaired) electrons. The summed E-state index contributed by atoms with van der Waals surface area (Å²) in [4.78, 5) is 12.8. The van der Waals surface area contributed by atoms with Gasteiger partial charge in [0.25, 0.3) is 5.91 Å². The first kappa shape index (κ1) is 14.9. The molecule has 5 fully saturated rings. The molecule has 6 nitrogen and oxygen atoms in total. The zero-order chi connectivity index (χ0) is 16.1. The fraction of sp³-hybridized carbons (Fsp3) is 0.833. The van der Waals surface area contributed by atoms with Crippen LogP contribution in [0, 0.1) is 17.8 Å². The van der Waals surface area contributed by atoms with E-state index in [4.69, 9.17) is 0 Å². The van der Waals surface area contributed by atoms with E-state index in [9.17, 15) is 4.79 Å². The topological polar surface area (TPSA) is 71.8 Å². The summed E-state index contributed by atoms with van der Waals surface area (Å²) < 4.78 is 1.90. The lowest BCUT2D eigenvalue weighted by Gasteiger charge is -2.56. The van der Waals surface area contributed by atoms with Crippen LogP contribution in [0.2, 0.25) is 0 Å². The summed E-state index contributed by atoms with van der Waals surface area (Å²) in [6.07, 6.45) is 11.7. The maximum absolute atomic E-state index is 12.8. The van der Waals surface area contributed by atoms with E-state index in [1.165, 1.54) is 38.5 Å². The molecule has 2 N–H and O–H groups in total. The summed E-state index contributed by atoms with van der Waals surface area (Å²) in [6, 6.07) is 0.375. The number of rotatable bonds is 3. The number of amides is 1. The molecule has 1 aromatic heterocycles. The standard InChI is InChI=1S/C18H27N5O/c24-17(16-11-23(22-21-16)15-1-3-19-4-2-15)20-18-8-12-5-13(9-18)7-14(6-12)10-18/h11-15,19H,1-10H2,(H,20,24). The Morgan fingerprint density at radius 1 is 1.12 bits per heavy atom. The molecular weight excluding hydrogens is 302 g/mol. The molecule has 0 unspecified atom stereocenters. The van der Waals surface area contributed by atoms with E-state index < -0.39 is 0 Å². The van der Waals surface area contributed by atoms with Crippen molar-refractivity contribution in [2.24, 2.45) is 17.8 Å². The molecule has 1 aromatic rings. The van der Waals surface area contributed by atoms with E-state index in [2.05, 4.69) is 20.9 Å². The van der Waals surface area contributed by atoms with Crippen molar-refractivity contribution in [1.29, 1.82) is 0 Å². The van der Waals surface area contributed by atoms with Crippen LogP contribution in [0.4, 0.5) is 0 Å². The van der Waals surface area contributed by atoms with Crippen molar-refractivity contribution in [3.05, 3.63) is 11.9 Å². The molecule has 1 saturated heterocycles. The van der Waals surface area contributed by atoms with Crippen LogP contribution in [0.3, 0.4) is 0 Å². The van der Waals surface area contributed by atoms with Gasteiger partial charge in [0.2, 0.25) is 0 Å². The number of carbonyl (C=O) groups excluding carboxylic acids is 1. The molecule has 130 valence electrons. The second kappa shape index (κ2) is 5.55. The number of nitrogens with zero attached hydrogens (tertiary/aromatic N) is 3. The second-order valence-corrected chi connectivity index (χ2v) is 8.72. The Labute approximate surface area is 142 Å². The number of hydrogen-bond acceptors (Lipinski definition) is 4. The number of nitrogens with one attached hydrogen (secondary N) is 2. The number of carbonyl (C=O) groups is 1. The van der Waals surface area contributed by atoms with Crippen LogP contribution in [-0.4, -0.2) is 39.5 Å². The third-order valence-electron chi connectivity index (χ3n) is 6.84. The molecule has 1 aliphatic heterocycles. The normalized spacial score (nSPS) is 38.4. The van der Waals surface area contributed by atoms with Crippen LogP contribution < -0.4 is 10.6 Å². The summed E-state index contributed by atoms with van der Waals surface area (Å²) in [6.45, 7) is 2.03. The van der Waals surface area contributed by atoms with Crippen LogP contribution in [0.15, 0.2) is 6.20 Å². The van der Waals surface area contributed by atoms with Gasteiger partial charge in [0.15, 0.2) is 5.69 Å². The van der Waals surface area contributed by atoms with Crippen LogP contribution in [-0.2, 0) is 0 Å². The van der Waals surface area contributed by atoms with Gasteiger partial charge in [-0.3, -0.25) is 4.79 Å². The Balaban J connectivity index is 1.30. The fourth-order valence-electron chi connectivity index (χ4n) is 6.20. The van der Waals surface area contributed by atoms with E-state index in [1.807, 2.05) is 10.9 Å². The van der Waals surface area contributed by atoms with Crippen LogP contribution in [0.25, 0.3) is 0 Å². The molecule has 5 aliphatic rings. The molecule has 1 amide bonds. The van der Waals surface area contributed by atoms with Gasteiger partial charge in [-0.05, 0) is 82.2 Å². The van der Waals surface area contributed by atoms with Gasteiger partial charge in [-0.15, -0.1) is 5.10 Å². The van der Waals surface area contributed by atoms with Crippen LogP contribution in [0.1, 0.15) is 67.9 Å². The summed E-state index contributed by atoms with van der Waals surface area (Å²) >= 11 is 0. The van der Waals surface area contributed by atoms with Crippen molar-refractivity contribution in [2.45, 2.75) is 62.9 Å². The summed E-state index contributed by atoms with van der Waals surface area (Å²) in [7, 11) is 0. The minimum atomic E-state index is -0.0165. The third-order valence-corrected chi connectivity index (χ3v) is 6.84. The van der Waals surface area contributed by atoms with E-state index in [0.29, 0.717) is 11.7 Å². The average Bonchev–Trinajstić information content (AvgIpc) is 3.04. The molecule has 0 aromatic carbocycles. The van der Waals surface area contributed by atoms with Gasteiger partial charge in [-0.1, -0.05) is 5.21 Å². The summed E-state index contributed by atoms with van der Waals surface area (Å²) in [5, 5.41) is 15.2. The summed E-state index contributed by atoms with van der Waals surface area (Å²) in [5.74, 6) is 2.49. The molecule has 0 spiro atoms. The van der Waals surface area contributed by atoms with Crippen molar-refractivity contribution in [3.63, 3.8) is 0 Å². The van der Waals surface area contributed by atoms with E-state index in [0.717, 1.165) is 43.7 Å². The molecule has 4 bridgehead atoms. The van der Waals surface area contributed by atoms with Gasteiger partial charge in [-0.25, -0.2) is 4.68 Å². The zero-order valence-electron chi connectivity index (χ0n) is 14.2. The van der Waals surface area contributed by atoms with Crippen molar-refractivity contribution in [1.82, 2.24) is 25.6 Å². The van der Waals surface area contributed by atoms with Crippen LogP contribution >= 0.6 is 0 Å². The van der Waals surface area contributed by atoms with Gasteiger partial charge in [0.1, 0.15) is 0 Å². The Bertz CT molecular complexity index is 598. The van der Waals surface area contributed by atoms with Crippen molar-refractivity contribution < 1.29 is 4.79 Å². The predicted molar refractivity (Wildman–Crippen MR) is 89.5 cm³/mol. The zero-order valence-corrected chi connectivity index (χ0v) is 14.2. The summed E-state index contributed by atoms with van der Waals surface area (Å²) in [5.41, 5.74) is 0.536. The quantitative estimate of drug-likeness (QED) is 0.888. The Morgan fingerprint density at radius 3 is 2.38 bits per heavy atom. The van der Waals surface area contributed by atoms with E-state index in [-0.39, 0.29) is 11.4 Å². The maximum atomic E-state index is 12.8. The van der Waals surface area contributed by atoms with E-state index in [1.54, 1.807) is 0 Å². The first-order valence-electron chi connectivity index (χ1n) is 9.64. The molecule has 6 rings (SSSR count). The minimum absolute atomic E-state index is 0.0165. The Kier molecular flexibility index (Phi) is 3.44. The minimum Gasteiger partial charge on any atom is -0.345 e. The highest BCUT2D eigenvalue weighted by Gasteiger charge is 2.51. The number of hydrogen-bond donors (Lipinski definition) is 2. The van der Waals surface area contributed by atoms with Crippen LogP contribution in [0.5, 0.6) is 0 Å². The lowest BCUT2D eigenvalue weighted by atomic mass is 9.53. The van der Waals surface area contributed by atoms with Crippen molar-refractivity contribution in [2.75, 3.05) is 13.1 Å². The lowest BCUT2D eigenvalue weighted by molar-refractivity contribution is -0.0167. The number of piperidine rings is 1. The smallest absolute Gasteiger partial charge is 0.273 e. The molecule has 4 aliphatic carbocycles. The molecule has 4 saturated carbocycles. The first-order chi connectivity index (χ1) is 11.7. The Morgan fingerprint density at radius 2 is 1.75 bits per heavy atom. The highest BCUT2D eigenvalue weighted by atomic mass is 16.2. The monoisotopic (exact) mass is 329 g/mol. The highest BCUT2D eigenvalue weighted by molar-refractivity contribution is 5.92. The molecule has 24 heavy (non-hydrogen) atoms. The van der Waals surface area contributed by atoms with Gasteiger partial charge < -0.3 is 10.6 Å². The SMILES string of the molecule is O=C(NC12CC3CC(CC(C3)C1)C2)c1cn(C2CCNCC2)nn1. The van der Waals surface area contributed by atoms with Crippen molar-refractivity contribution >= 4 is 5.91 Å². The van der Waals surface area contributed by atoms with Gasteiger partial charge in [-0.2, -0.15) is 0 Å². The van der Waals surface area contributed by atoms with Crippen molar-refractivity contribution in [3.8, 4) is 0 Å². The molecule has 0 atom stereocenters.